The summed E-state index contributed by atoms with van der Waals surface area (Å²) in [5.41, 5.74) is 0.788. The lowest BCUT2D eigenvalue weighted by Gasteiger charge is -2.23. The maximum Gasteiger partial charge on any atom is 0.254 e. The predicted octanol–water partition coefficient (Wildman–Crippen LogP) is 1.68. The number of nitrogens with one attached hydrogen (secondary N) is 3. The molecule has 4 atom stereocenters. The molecule has 0 aliphatic carbocycles. The molecule has 170 valence electrons. The van der Waals surface area contributed by atoms with Gasteiger partial charge < -0.3 is 21.1 Å². The van der Waals surface area contributed by atoms with E-state index in [1.54, 1.807) is 0 Å². The minimum Gasteiger partial charge on any atom is -0.378 e. The van der Waals surface area contributed by atoms with Crippen LogP contribution in [-0.4, -0.2) is 41.5 Å². The van der Waals surface area contributed by atoms with Crippen LogP contribution in [0.4, 0.5) is 8.78 Å². The topological polar surface area (TPSA) is 108 Å². The molecule has 1 aliphatic heterocycles. The van der Waals surface area contributed by atoms with Crippen LogP contribution in [0.2, 0.25) is 0 Å². The lowest BCUT2D eigenvalue weighted by Crippen LogP contribution is -2.52. The van der Waals surface area contributed by atoms with E-state index in [4.69, 9.17) is 0 Å². The molecule has 2 aromatic carbocycles. The van der Waals surface area contributed by atoms with Gasteiger partial charge in [-0.15, -0.1) is 0 Å². The van der Waals surface area contributed by atoms with Gasteiger partial charge in [0.15, 0.2) is 6.10 Å². The summed E-state index contributed by atoms with van der Waals surface area (Å²) in [6, 6.07) is 10.1. The van der Waals surface area contributed by atoms with Crippen LogP contribution >= 0.6 is 0 Å². The van der Waals surface area contributed by atoms with E-state index in [1.165, 1.54) is 6.92 Å². The van der Waals surface area contributed by atoms with Crippen molar-refractivity contribution < 1.29 is 28.3 Å². The summed E-state index contributed by atoms with van der Waals surface area (Å²) in [5.74, 6) is -3.74. The highest BCUT2D eigenvalue weighted by molar-refractivity contribution is 5.93. The number of rotatable bonds is 6. The number of hydrogen-bond acceptors (Lipinski definition) is 4. The van der Waals surface area contributed by atoms with Crippen LogP contribution in [0.25, 0.3) is 0 Å². The number of carbonyl (C=O) groups excluding carboxylic acids is 3. The second-order valence-electron chi connectivity index (χ2n) is 7.82. The van der Waals surface area contributed by atoms with Crippen LogP contribution in [0.15, 0.2) is 48.5 Å². The average molecular weight is 445 g/mol. The van der Waals surface area contributed by atoms with Crippen molar-refractivity contribution in [3.63, 3.8) is 0 Å². The second-order valence-corrected chi connectivity index (χ2v) is 7.82. The number of aliphatic hydroxyl groups is 1. The predicted molar refractivity (Wildman–Crippen MR) is 112 cm³/mol. The summed E-state index contributed by atoms with van der Waals surface area (Å²) in [7, 11) is 0. The van der Waals surface area contributed by atoms with Gasteiger partial charge in [-0.3, -0.25) is 14.4 Å². The highest BCUT2D eigenvalue weighted by Crippen LogP contribution is 2.26. The van der Waals surface area contributed by atoms with Crippen molar-refractivity contribution in [3.8, 4) is 0 Å². The maximum atomic E-state index is 13.3. The highest BCUT2D eigenvalue weighted by Gasteiger charge is 2.30. The third kappa shape index (κ3) is 5.88. The van der Waals surface area contributed by atoms with Crippen LogP contribution in [0, 0.1) is 11.6 Å². The van der Waals surface area contributed by atoms with E-state index < -0.39 is 41.6 Å². The molecule has 4 N–H and O–H groups in total. The summed E-state index contributed by atoms with van der Waals surface area (Å²) in [5, 5.41) is 17.8. The SMILES string of the molecule is C[C@H](NC(=O)[C@H](O)c1cc(F)cc(F)c1)C(=O)N[C@H]1C[C@H](c2ccccc2)CCNC1=O. The molecular weight excluding hydrogens is 420 g/mol. The molecule has 1 saturated heterocycles. The molecule has 0 radical (unpaired) electrons. The van der Waals surface area contributed by atoms with E-state index >= 15 is 0 Å². The Bertz CT molecular complexity index is 966. The quantitative estimate of drug-likeness (QED) is 0.543. The monoisotopic (exact) mass is 445 g/mol. The fourth-order valence-corrected chi connectivity index (χ4v) is 3.69. The maximum absolute atomic E-state index is 13.3. The van der Waals surface area contributed by atoms with Crippen LogP contribution in [0.1, 0.15) is 42.9 Å². The summed E-state index contributed by atoms with van der Waals surface area (Å²) in [6.07, 6.45) is -0.739. The first kappa shape index (κ1) is 23.3. The summed E-state index contributed by atoms with van der Waals surface area (Å²) in [6.45, 7) is 1.86. The average Bonchev–Trinajstić information content (AvgIpc) is 2.94. The van der Waals surface area contributed by atoms with Gasteiger partial charge in [-0.05, 0) is 48.9 Å². The van der Waals surface area contributed by atoms with Gasteiger partial charge in [0.1, 0.15) is 23.7 Å². The van der Waals surface area contributed by atoms with Gasteiger partial charge >= 0.3 is 0 Å². The number of halogens is 2. The van der Waals surface area contributed by atoms with Gasteiger partial charge in [0.25, 0.3) is 5.91 Å². The Labute approximate surface area is 184 Å². The van der Waals surface area contributed by atoms with Crippen molar-refractivity contribution >= 4 is 17.7 Å². The lowest BCUT2D eigenvalue weighted by molar-refractivity contribution is -0.135. The van der Waals surface area contributed by atoms with Crippen molar-refractivity contribution in [3.05, 3.63) is 71.3 Å². The number of hydrogen-bond donors (Lipinski definition) is 4. The smallest absolute Gasteiger partial charge is 0.254 e. The van der Waals surface area contributed by atoms with E-state index in [9.17, 15) is 28.3 Å². The molecule has 0 saturated carbocycles. The zero-order valence-electron chi connectivity index (χ0n) is 17.5. The Balaban J connectivity index is 1.62. The number of carbonyl (C=O) groups is 3. The molecule has 2 aromatic rings. The molecule has 9 heteroatoms. The molecule has 3 rings (SSSR count). The van der Waals surface area contributed by atoms with E-state index in [2.05, 4.69) is 16.0 Å². The van der Waals surface area contributed by atoms with Gasteiger partial charge in [0.05, 0.1) is 0 Å². The van der Waals surface area contributed by atoms with Crippen molar-refractivity contribution in [1.29, 1.82) is 0 Å². The van der Waals surface area contributed by atoms with Gasteiger partial charge in [0.2, 0.25) is 11.8 Å². The standard InChI is InChI=1S/C23H25F2N3O4/c1-13(27-23(32)20(29)16-9-17(24)12-18(25)10-16)21(30)28-19-11-15(7-8-26-22(19)31)14-5-3-2-4-6-14/h2-6,9-10,12-13,15,19-20,29H,7-8,11H2,1H3,(H,26,31)(H,27,32)(H,28,30)/t13-,15+,19-,20+/m0/s1. The third-order valence-corrected chi connectivity index (χ3v) is 5.42. The van der Waals surface area contributed by atoms with Crippen molar-refractivity contribution in [1.82, 2.24) is 16.0 Å². The minimum atomic E-state index is -1.86. The van der Waals surface area contributed by atoms with Gasteiger partial charge in [0, 0.05) is 12.6 Å². The first-order chi connectivity index (χ1) is 15.2. The van der Waals surface area contributed by atoms with E-state index in [1.807, 2.05) is 30.3 Å². The Hall–Kier alpha value is -3.33. The van der Waals surface area contributed by atoms with Crippen LogP contribution in [0.3, 0.4) is 0 Å². The molecule has 0 spiro atoms. The number of benzene rings is 2. The molecule has 3 amide bonds. The van der Waals surface area contributed by atoms with Crippen LogP contribution in [0.5, 0.6) is 0 Å². The van der Waals surface area contributed by atoms with Crippen LogP contribution in [-0.2, 0) is 14.4 Å². The molecule has 7 nitrogen and oxygen atoms in total. The van der Waals surface area contributed by atoms with Crippen molar-refractivity contribution in [2.75, 3.05) is 6.54 Å². The zero-order valence-corrected chi connectivity index (χ0v) is 17.5. The Morgan fingerprint density at radius 2 is 1.75 bits per heavy atom. The van der Waals surface area contributed by atoms with Crippen molar-refractivity contribution in [2.45, 2.75) is 43.9 Å². The first-order valence-corrected chi connectivity index (χ1v) is 10.3. The highest BCUT2D eigenvalue weighted by atomic mass is 19.1. The van der Waals surface area contributed by atoms with Crippen LogP contribution < -0.4 is 16.0 Å². The van der Waals surface area contributed by atoms with Gasteiger partial charge in [-0.2, -0.15) is 0 Å². The largest absolute Gasteiger partial charge is 0.378 e. The molecule has 32 heavy (non-hydrogen) atoms. The molecule has 0 bridgehead atoms. The fraction of sp³-hybridized carbons (Fsp3) is 0.348. The summed E-state index contributed by atoms with van der Waals surface area (Å²) < 4.78 is 26.7. The van der Waals surface area contributed by atoms with Gasteiger partial charge in [-0.1, -0.05) is 30.3 Å². The molecule has 0 unspecified atom stereocenters. The Morgan fingerprint density at radius 3 is 2.41 bits per heavy atom. The van der Waals surface area contributed by atoms with E-state index in [0.717, 1.165) is 24.1 Å². The molecule has 0 aromatic heterocycles. The van der Waals surface area contributed by atoms with Gasteiger partial charge in [-0.25, -0.2) is 8.78 Å². The number of aliphatic hydroxyl groups excluding tert-OH is 1. The first-order valence-electron chi connectivity index (χ1n) is 10.3. The molecule has 1 fully saturated rings. The number of amides is 3. The van der Waals surface area contributed by atoms with E-state index in [-0.39, 0.29) is 17.4 Å². The summed E-state index contributed by atoms with van der Waals surface area (Å²) in [4.78, 5) is 37.3. The molecule has 1 aliphatic rings. The lowest BCUT2D eigenvalue weighted by atomic mass is 9.90. The minimum absolute atomic E-state index is 0.0649. The second kappa shape index (κ2) is 10.3. The Kier molecular flexibility index (Phi) is 7.53. The summed E-state index contributed by atoms with van der Waals surface area (Å²) >= 11 is 0. The Morgan fingerprint density at radius 1 is 1.09 bits per heavy atom. The zero-order chi connectivity index (χ0) is 23.3. The fourth-order valence-electron chi connectivity index (χ4n) is 3.69. The molecular formula is C23H25F2N3O4. The third-order valence-electron chi connectivity index (χ3n) is 5.42. The van der Waals surface area contributed by atoms with E-state index in [0.29, 0.717) is 19.0 Å². The van der Waals surface area contributed by atoms with Crippen molar-refractivity contribution in [2.24, 2.45) is 0 Å². The molecule has 1 heterocycles. The normalized spacial score (nSPS) is 20.4.